The molecule has 1 fully saturated rings. The Balaban J connectivity index is 1.98. The van der Waals surface area contributed by atoms with Gasteiger partial charge >= 0.3 is 6.09 Å². The van der Waals surface area contributed by atoms with Gasteiger partial charge in [0.1, 0.15) is 17.3 Å². The van der Waals surface area contributed by atoms with Gasteiger partial charge in [-0.3, -0.25) is 4.79 Å². The Bertz CT molecular complexity index is 509. The van der Waals surface area contributed by atoms with E-state index in [-0.39, 0.29) is 30.5 Å². The van der Waals surface area contributed by atoms with Gasteiger partial charge < -0.3 is 19.8 Å². The Morgan fingerprint density at radius 1 is 1.57 bits per heavy atom. The minimum Gasteiger partial charge on any atom is -0.445 e. The molecular formula is C15H22BrN3O4. The first-order chi connectivity index (χ1) is 10.9. The van der Waals surface area contributed by atoms with Crippen molar-refractivity contribution in [3.8, 4) is 0 Å². The van der Waals surface area contributed by atoms with Crippen molar-refractivity contribution < 1.29 is 19.2 Å². The van der Waals surface area contributed by atoms with Gasteiger partial charge in [0.15, 0.2) is 6.10 Å². The number of hydrogen-bond acceptors (Lipinski definition) is 5. The number of oxime groups is 1. The molecule has 0 aliphatic carbocycles. The normalized spacial score (nSPS) is 23.8. The molecule has 8 heteroatoms. The van der Waals surface area contributed by atoms with Crippen LogP contribution in [0.25, 0.3) is 0 Å². The number of likely N-dealkylation sites (tertiary alicyclic amines) is 1. The first-order valence-corrected chi connectivity index (χ1v) is 8.43. The van der Waals surface area contributed by atoms with Crippen LogP contribution in [0.5, 0.6) is 0 Å². The van der Waals surface area contributed by atoms with E-state index in [1.165, 1.54) is 6.08 Å². The van der Waals surface area contributed by atoms with Gasteiger partial charge in [0, 0.05) is 6.54 Å². The molecule has 2 heterocycles. The zero-order valence-electron chi connectivity index (χ0n) is 13.3. The zero-order chi connectivity index (χ0) is 17.0. The van der Waals surface area contributed by atoms with E-state index in [1.807, 2.05) is 13.8 Å². The van der Waals surface area contributed by atoms with Gasteiger partial charge in [-0.1, -0.05) is 31.7 Å². The van der Waals surface area contributed by atoms with Crippen LogP contribution in [0.2, 0.25) is 0 Å². The first-order valence-electron chi connectivity index (χ1n) is 7.64. The van der Waals surface area contributed by atoms with Crippen LogP contribution >= 0.6 is 15.9 Å². The van der Waals surface area contributed by atoms with Gasteiger partial charge in [-0.2, -0.15) is 0 Å². The van der Waals surface area contributed by atoms with Crippen LogP contribution in [0.1, 0.15) is 20.3 Å². The van der Waals surface area contributed by atoms with Crippen LogP contribution in [0.3, 0.4) is 0 Å². The zero-order valence-corrected chi connectivity index (χ0v) is 14.9. The second kappa shape index (κ2) is 7.81. The number of carbonyl (C=O) groups excluding carboxylic acids is 2. The number of nitrogens with zero attached hydrogens (tertiary/aromatic N) is 2. The standard InChI is InChI=1S/C15H22BrN3O4/c1-4-5-22-15(21)17-11(6-9(2)3)14(20)19-7-10-12(8-19)23-18-13(10)16/h4,9-12H,1,5-8H2,2-3H3,(H,17,21)/t10-,11+,12+/m1/s1. The van der Waals surface area contributed by atoms with Crippen molar-refractivity contribution in [1.82, 2.24) is 10.2 Å². The molecule has 0 unspecified atom stereocenters. The molecule has 2 aliphatic rings. The number of halogens is 1. The summed E-state index contributed by atoms with van der Waals surface area (Å²) < 4.78 is 5.65. The third-order valence-corrected chi connectivity index (χ3v) is 4.52. The number of fused-ring (bicyclic) bond motifs is 1. The maximum atomic E-state index is 12.8. The number of carbonyl (C=O) groups is 2. The summed E-state index contributed by atoms with van der Waals surface area (Å²) in [7, 11) is 0. The van der Waals surface area contributed by atoms with E-state index in [0.717, 1.165) is 4.62 Å². The lowest BCUT2D eigenvalue weighted by atomic mass is 10.0. The summed E-state index contributed by atoms with van der Waals surface area (Å²) in [6, 6.07) is -0.609. The van der Waals surface area contributed by atoms with Crippen LogP contribution in [0, 0.1) is 11.8 Å². The second-order valence-corrected chi connectivity index (χ2v) is 6.93. The summed E-state index contributed by atoms with van der Waals surface area (Å²) in [5.41, 5.74) is 0. The third-order valence-electron chi connectivity index (χ3n) is 3.79. The van der Waals surface area contributed by atoms with E-state index in [4.69, 9.17) is 9.57 Å². The van der Waals surface area contributed by atoms with Crippen molar-refractivity contribution in [2.75, 3.05) is 19.7 Å². The highest BCUT2D eigenvalue weighted by molar-refractivity contribution is 9.18. The van der Waals surface area contributed by atoms with E-state index >= 15 is 0 Å². The van der Waals surface area contributed by atoms with Crippen LogP contribution in [-0.4, -0.2) is 53.4 Å². The van der Waals surface area contributed by atoms with Crippen LogP contribution < -0.4 is 5.32 Å². The van der Waals surface area contributed by atoms with Gasteiger partial charge in [-0.15, -0.1) is 0 Å². The fourth-order valence-corrected chi connectivity index (χ4v) is 3.23. The van der Waals surface area contributed by atoms with E-state index in [0.29, 0.717) is 19.5 Å². The lowest BCUT2D eigenvalue weighted by molar-refractivity contribution is -0.133. The molecule has 0 aromatic carbocycles. The highest BCUT2D eigenvalue weighted by Gasteiger charge is 2.44. The number of hydrogen-bond donors (Lipinski definition) is 1. The van der Waals surface area contributed by atoms with Crippen molar-refractivity contribution in [3.05, 3.63) is 12.7 Å². The van der Waals surface area contributed by atoms with Crippen LogP contribution in [0.4, 0.5) is 4.79 Å². The molecular weight excluding hydrogens is 366 g/mol. The number of amides is 2. The minimum absolute atomic E-state index is 0.0753. The summed E-state index contributed by atoms with van der Waals surface area (Å²) in [6.07, 6.45) is 1.31. The molecule has 1 saturated heterocycles. The van der Waals surface area contributed by atoms with Gasteiger partial charge in [0.05, 0.1) is 12.5 Å². The van der Waals surface area contributed by atoms with E-state index in [9.17, 15) is 9.59 Å². The maximum absolute atomic E-state index is 12.8. The van der Waals surface area contributed by atoms with Crippen molar-refractivity contribution in [2.45, 2.75) is 32.4 Å². The Morgan fingerprint density at radius 3 is 2.91 bits per heavy atom. The predicted molar refractivity (Wildman–Crippen MR) is 89.2 cm³/mol. The molecule has 23 heavy (non-hydrogen) atoms. The minimum atomic E-state index is -0.609. The van der Waals surface area contributed by atoms with Gasteiger partial charge in [0.25, 0.3) is 0 Å². The molecule has 1 N–H and O–H groups in total. The predicted octanol–water partition coefficient (Wildman–Crippen LogP) is 1.88. The van der Waals surface area contributed by atoms with E-state index in [2.05, 4.69) is 33.0 Å². The van der Waals surface area contributed by atoms with Crippen molar-refractivity contribution in [1.29, 1.82) is 0 Å². The van der Waals surface area contributed by atoms with Gasteiger partial charge in [-0.25, -0.2) is 4.79 Å². The SMILES string of the molecule is C=CCOC(=O)N[C@@H](CC(C)C)C(=O)N1C[C@@H]2ON=C(Br)[C@@H]2C1. The largest absolute Gasteiger partial charge is 0.445 e. The van der Waals surface area contributed by atoms with E-state index in [1.54, 1.807) is 4.90 Å². The van der Waals surface area contributed by atoms with E-state index < -0.39 is 12.1 Å². The number of nitrogens with one attached hydrogen (secondary N) is 1. The summed E-state index contributed by atoms with van der Waals surface area (Å²) in [6.45, 7) is 8.61. The molecule has 0 spiro atoms. The number of ether oxygens (including phenoxy) is 1. The molecule has 2 aliphatic heterocycles. The monoisotopic (exact) mass is 387 g/mol. The third kappa shape index (κ3) is 4.46. The van der Waals surface area contributed by atoms with Crippen molar-refractivity contribution in [2.24, 2.45) is 17.0 Å². The summed E-state index contributed by atoms with van der Waals surface area (Å²) in [4.78, 5) is 31.5. The quantitative estimate of drug-likeness (QED) is 0.705. The Morgan fingerprint density at radius 2 is 2.30 bits per heavy atom. The second-order valence-electron chi connectivity index (χ2n) is 6.12. The molecule has 3 atom stereocenters. The van der Waals surface area contributed by atoms with Crippen LogP contribution in [-0.2, 0) is 14.4 Å². The Kier molecular flexibility index (Phi) is 6.04. The van der Waals surface area contributed by atoms with Gasteiger partial charge in [0.2, 0.25) is 5.91 Å². The molecule has 0 aromatic rings. The summed E-state index contributed by atoms with van der Waals surface area (Å²) >= 11 is 3.36. The maximum Gasteiger partial charge on any atom is 0.408 e. The fraction of sp³-hybridized carbons (Fsp3) is 0.667. The van der Waals surface area contributed by atoms with Crippen molar-refractivity contribution in [3.63, 3.8) is 0 Å². The average Bonchev–Trinajstić information content (AvgIpc) is 3.06. The summed E-state index contributed by atoms with van der Waals surface area (Å²) in [5, 5.41) is 6.54. The molecule has 0 aromatic heterocycles. The highest BCUT2D eigenvalue weighted by atomic mass is 79.9. The lowest BCUT2D eigenvalue weighted by Crippen LogP contribution is -2.49. The Labute approximate surface area is 144 Å². The smallest absolute Gasteiger partial charge is 0.408 e. The lowest BCUT2D eigenvalue weighted by Gasteiger charge is -2.25. The molecule has 0 bridgehead atoms. The molecule has 0 radical (unpaired) electrons. The fourth-order valence-electron chi connectivity index (χ4n) is 2.71. The molecule has 2 amide bonds. The van der Waals surface area contributed by atoms with Crippen molar-refractivity contribution >= 4 is 32.6 Å². The molecule has 2 rings (SSSR count). The molecule has 128 valence electrons. The number of alkyl carbamates (subject to hydrolysis) is 1. The number of rotatable bonds is 6. The Hall–Kier alpha value is -1.57. The molecule has 7 nitrogen and oxygen atoms in total. The highest BCUT2D eigenvalue weighted by Crippen LogP contribution is 2.30. The average molecular weight is 388 g/mol. The van der Waals surface area contributed by atoms with Crippen LogP contribution in [0.15, 0.2) is 17.8 Å². The van der Waals surface area contributed by atoms with Gasteiger partial charge in [-0.05, 0) is 28.3 Å². The topological polar surface area (TPSA) is 80.2 Å². The molecule has 0 saturated carbocycles. The summed E-state index contributed by atoms with van der Waals surface area (Å²) in [5.74, 6) is 0.217. The first kappa shape index (κ1) is 17.8.